The van der Waals surface area contributed by atoms with Gasteiger partial charge in [-0.3, -0.25) is 14.5 Å². The number of rotatable bonds is 5. The Hall–Kier alpha value is -2.44. The molecule has 0 saturated carbocycles. The van der Waals surface area contributed by atoms with Gasteiger partial charge in [0.15, 0.2) is 8.32 Å². The molecule has 5 nitrogen and oxygen atoms in total. The van der Waals surface area contributed by atoms with Gasteiger partial charge in [-0.05, 0) is 54.5 Å². The van der Waals surface area contributed by atoms with Gasteiger partial charge in [0.05, 0.1) is 19.1 Å². The van der Waals surface area contributed by atoms with Gasteiger partial charge in [0.25, 0.3) is 5.91 Å². The van der Waals surface area contributed by atoms with E-state index in [1.807, 2.05) is 30.3 Å². The minimum atomic E-state index is -1.99. The van der Waals surface area contributed by atoms with Crippen molar-refractivity contribution in [3.8, 4) is 11.5 Å². The number of imide groups is 1. The number of para-hydroxylation sites is 1. The first-order valence-corrected chi connectivity index (χ1v) is 12.8. The van der Waals surface area contributed by atoms with E-state index in [1.165, 1.54) is 4.90 Å². The Morgan fingerprint density at radius 3 is 2.17 bits per heavy atom. The highest BCUT2D eigenvalue weighted by Crippen LogP contribution is 2.38. The zero-order valence-corrected chi connectivity index (χ0v) is 18.8. The zero-order valence-electron chi connectivity index (χ0n) is 17.8. The van der Waals surface area contributed by atoms with Crippen molar-refractivity contribution in [2.45, 2.75) is 51.4 Å². The first-order chi connectivity index (χ1) is 13.6. The number of benzene rings is 2. The van der Waals surface area contributed by atoms with E-state index in [0.29, 0.717) is 17.9 Å². The highest BCUT2D eigenvalue weighted by atomic mass is 28.4. The Kier molecular flexibility index (Phi) is 5.96. The Labute approximate surface area is 173 Å². The minimum absolute atomic E-state index is 0.0576. The second kappa shape index (κ2) is 8.12. The quantitative estimate of drug-likeness (QED) is 0.499. The molecule has 0 aliphatic carbocycles. The van der Waals surface area contributed by atoms with Crippen LogP contribution in [0.5, 0.6) is 11.5 Å². The average molecular weight is 412 g/mol. The van der Waals surface area contributed by atoms with Crippen LogP contribution in [0.2, 0.25) is 18.1 Å². The van der Waals surface area contributed by atoms with Gasteiger partial charge in [0.1, 0.15) is 11.5 Å². The molecule has 0 radical (unpaired) electrons. The van der Waals surface area contributed by atoms with Crippen LogP contribution >= 0.6 is 0 Å². The van der Waals surface area contributed by atoms with Crippen molar-refractivity contribution in [1.82, 2.24) is 4.90 Å². The van der Waals surface area contributed by atoms with Crippen molar-refractivity contribution in [2.75, 3.05) is 6.54 Å². The second-order valence-electron chi connectivity index (χ2n) is 8.95. The topological polar surface area (TPSA) is 55.8 Å². The van der Waals surface area contributed by atoms with Crippen molar-refractivity contribution in [2.24, 2.45) is 0 Å². The van der Waals surface area contributed by atoms with Crippen molar-refractivity contribution >= 4 is 20.1 Å². The molecule has 0 N–H and O–H groups in total. The van der Waals surface area contributed by atoms with E-state index in [9.17, 15) is 9.59 Å². The number of ether oxygens (including phenoxy) is 1. The molecule has 2 amide bonds. The molecule has 1 atom stereocenters. The van der Waals surface area contributed by atoms with Crippen LogP contribution in [0.3, 0.4) is 0 Å². The molecule has 6 heteroatoms. The second-order valence-corrected chi connectivity index (χ2v) is 13.7. The summed E-state index contributed by atoms with van der Waals surface area (Å²) in [6.45, 7) is 11.1. The number of likely N-dealkylation sites (tertiary alicyclic amines) is 1. The van der Waals surface area contributed by atoms with Crippen LogP contribution in [0.25, 0.3) is 0 Å². The summed E-state index contributed by atoms with van der Waals surface area (Å²) in [6, 6.07) is 16.3. The Balaban J connectivity index is 1.65. The predicted octanol–water partition coefficient (Wildman–Crippen LogP) is 5.24. The Morgan fingerprint density at radius 2 is 1.59 bits per heavy atom. The third-order valence-corrected chi connectivity index (χ3v) is 10.2. The molecule has 1 aliphatic heterocycles. The normalized spacial score (nSPS) is 17.5. The van der Waals surface area contributed by atoms with Gasteiger partial charge < -0.3 is 9.16 Å². The van der Waals surface area contributed by atoms with Crippen molar-refractivity contribution in [1.29, 1.82) is 0 Å². The maximum Gasteiger partial charge on any atom is 0.260 e. The van der Waals surface area contributed by atoms with E-state index >= 15 is 0 Å². The molecule has 0 bridgehead atoms. The number of hydrogen-bond donors (Lipinski definition) is 0. The van der Waals surface area contributed by atoms with Crippen molar-refractivity contribution in [3.05, 3.63) is 60.2 Å². The molecule has 1 unspecified atom stereocenters. The maximum absolute atomic E-state index is 12.9. The summed E-state index contributed by atoms with van der Waals surface area (Å²) in [4.78, 5) is 26.6. The van der Waals surface area contributed by atoms with Gasteiger partial charge >= 0.3 is 0 Å². The maximum atomic E-state index is 12.9. The Bertz CT molecular complexity index is 872. The van der Waals surface area contributed by atoms with E-state index in [1.54, 1.807) is 24.3 Å². The lowest BCUT2D eigenvalue weighted by molar-refractivity contribution is -0.125. The van der Waals surface area contributed by atoms with E-state index in [4.69, 9.17) is 9.16 Å². The largest absolute Gasteiger partial charge is 0.457 e. The minimum Gasteiger partial charge on any atom is -0.457 e. The smallest absolute Gasteiger partial charge is 0.260 e. The molecule has 1 aliphatic rings. The molecule has 0 spiro atoms. The van der Waals surface area contributed by atoms with Crippen LogP contribution in [-0.2, 0) is 9.22 Å². The Morgan fingerprint density at radius 1 is 1.00 bits per heavy atom. The third-order valence-electron chi connectivity index (χ3n) is 5.68. The summed E-state index contributed by atoms with van der Waals surface area (Å²) in [5.74, 6) is 0.900. The lowest BCUT2D eigenvalue weighted by Crippen LogP contribution is -2.44. The molecule has 29 heavy (non-hydrogen) atoms. The number of hydrogen-bond acceptors (Lipinski definition) is 4. The fourth-order valence-electron chi connectivity index (χ4n) is 2.99. The van der Waals surface area contributed by atoms with Crippen LogP contribution in [-0.4, -0.2) is 37.7 Å². The number of carbonyl (C=O) groups excluding carboxylic acids is 2. The molecular formula is C23H29NO4Si. The molecular weight excluding hydrogens is 382 g/mol. The van der Waals surface area contributed by atoms with E-state index < -0.39 is 8.32 Å². The van der Waals surface area contributed by atoms with Gasteiger partial charge in [-0.1, -0.05) is 39.0 Å². The van der Waals surface area contributed by atoms with Crippen LogP contribution in [0.4, 0.5) is 0 Å². The van der Waals surface area contributed by atoms with Crippen molar-refractivity contribution in [3.63, 3.8) is 0 Å². The molecule has 2 aromatic carbocycles. The molecule has 3 rings (SSSR count). The van der Waals surface area contributed by atoms with Crippen LogP contribution in [0.15, 0.2) is 54.6 Å². The summed E-state index contributed by atoms with van der Waals surface area (Å²) < 4.78 is 12.1. The van der Waals surface area contributed by atoms with Gasteiger partial charge in [-0.2, -0.15) is 0 Å². The SMILES string of the molecule is CC(C)(C)[Si](C)(C)OC1CC(=O)N(C(=O)c2ccc(Oc3ccccc3)cc2)C1. The summed E-state index contributed by atoms with van der Waals surface area (Å²) in [5.41, 5.74) is 0.465. The first-order valence-electron chi connectivity index (χ1n) is 9.92. The lowest BCUT2D eigenvalue weighted by atomic mass is 10.2. The molecule has 2 aromatic rings. The van der Waals surface area contributed by atoms with Gasteiger partial charge in [0, 0.05) is 5.56 Å². The van der Waals surface area contributed by atoms with E-state index in [2.05, 4.69) is 33.9 Å². The predicted molar refractivity (Wildman–Crippen MR) is 116 cm³/mol. The zero-order chi connectivity index (χ0) is 21.2. The molecule has 1 fully saturated rings. The fraction of sp³-hybridized carbons (Fsp3) is 0.391. The highest BCUT2D eigenvalue weighted by Gasteiger charge is 2.43. The number of nitrogens with zero attached hydrogens (tertiary/aromatic N) is 1. The summed E-state index contributed by atoms with van der Waals surface area (Å²) in [5, 5.41) is 0.0576. The van der Waals surface area contributed by atoms with Gasteiger partial charge in [0.2, 0.25) is 5.91 Å². The van der Waals surface area contributed by atoms with Crippen LogP contribution in [0.1, 0.15) is 37.6 Å². The first kappa shape index (κ1) is 21.3. The van der Waals surface area contributed by atoms with E-state index in [0.717, 1.165) is 5.75 Å². The molecule has 1 heterocycles. The standard InChI is InChI=1S/C23H29NO4Si/c1-23(2,3)29(4,5)28-20-15-21(25)24(16-20)22(26)17-11-13-19(14-12-17)27-18-9-7-6-8-10-18/h6-14,20H,15-16H2,1-5H3. The average Bonchev–Trinajstić information content (AvgIpc) is 3.01. The molecule has 0 aromatic heterocycles. The fourth-order valence-corrected chi connectivity index (χ4v) is 4.33. The monoisotopic (exact) mass is 411 g/mol. The molecule has 154 valence electrons. The van der Waals surface area contributed by atoms with Crippen LogP contribution < -0.4 is 4.74 Å². The summed E-state index contributed by atoms with van der Waals surface area (Å²) >= 11 is 0. The number of amides is 2. The summed E-state index contributed by atoms with van der Waals surface area (Å²) in [6.07, 6.45) is 0.0287. The third kappa shape index (κ3) is 4.94. The van der Waals surface area contributed by atoms with Crippen molar-refractivity contribution < 1.29 is 18.8 Å². The number of carbonyl (C=O) groups is 2. The summed E-state index contributed by atoms with van der Waals surface area (Å²) in [7, 11) is -1.99. The molecule has 1 saturated heterocycles. The lowest BCUT2D eigenvalue weighted by Gasteiger charge is -2.38. The van der Waals surface area contributed by atoms with Gasteiger partial charge in [-0.15, -0.1) is 0 Å². The van der Waals surface area contributed by atoms with Crippen LogP contribution in [0, 0.1) is 0 Å². The van der Waals surface area contributed by atoms with E-state index in [-0.39, 0.29) is 29.4 Å². The van der Waals surface area contributed by atoms with Gasteiger partial charge in [-0.25, -0.2) is 0 Å². The highest BCUT2D eigenvalue weighted by molar-refractivity contribution is 6.74.